The third-order valence-corrected chi connectivity index (χ3v) is 5.72. The number of amides is 2. The molecule has 1 unspecified atom stereocenters. The Hall–Kier alpha value is -4.32. The molecule has 0 aliphatic heterocycles. The normalized spacial score (nSPS) is 13.3. The van der Waals surface area contributed by atoms with E-state index in [2.05, 4.69) is 10.6 Å². The average molecular weight is 560 g/mol. The number of carbonyl (C=O) groups is 4. The molecule has 218 valence electrons. The van der Waals surface area contributed by atoms with Crippen molar-refractivity contribution in [1.29, 1.82) is 0 Å². The van der Waals surface area contributed by atoms with Crippen LogP contribution in [-0.2, 0) is 30.3 Å². The Balaban J connectivity index is 2.62. The summed E-state index contributed by atoms with van der Waals surface area (Å²) in [5, 5.41) is 14.2. The number of carbonyl (C=O) groups excluding carboxylic acids is 3. The fourth-order valence-electron chi connectivity index (χ4n) is 3.78. The molecule has 0 spiro atoms. The maximum absolute atomic E-state index is 13.2. The molecule has 2 aromatic rings. The van der Waals surface area contributed by atoms with Crippen LogP contribution in [0, 0.1) is 0 Å². The Morgan fingerprint density at radius 2 is 1.50 bits per heavy atom. The van der Waals surface area contributed by atoms with Gasteiger partial charge in [-0.15, -0.1) is 0 Å². The minimum Gasteiger partial charge on any atom is -0.496 e. The second-order valence-corrected chi connectivity index (χ2v) is 9.98. The molecule has 2 rings (SSSR count). The molecule has 0 saturated carbocycles. The van der Waals surface area contributed by atoms with Gasteiger partial charge in [-0.25, -0.2) is 4.79 Å². The second-order valence-electron chi connectivity index (χ2n) is 9.98. The maximum Gasteiger partial charge on any atom is 0.408 e. The van der Waals surface area contributed by atoms with Crippen molar-refractivity contribution in [3.63, 3.8) is 0 Å². The van der Waals surface area contributed by atoms with Crippen molar-refractivity contribution in [1.82, 2.24) is 10.6 Å². The summed E-state index contributed by atoms with van der Waals surface area (Å²) in [6, 6.07) is 6.61. The molecule has 3 atom stereocenters. The minimum atomic E-state index is -1.32. The summed E-state index contributed by atoms with van der Waals surface area (Å²) in [5.41, 5.74) is 7.19. The SMILES string of the molecule is COC(=O)C(N)Cc1ccc(OC)c(-c2cc([C@H](NC(=O)OC(C)(C)C)C(=O)N[C@@H](C)C(=O)O)ccc2OC)c1. The van der Waals surface area contributed by atoms with Gasteiger partial charge in [0.15, 0.2) is 0 Å². The van der Waals surface area contributed by atoms with E-state index in [9.17, 15) is 24.3 Å². The highest BCUT2D eigenvalue weighted by molar-refractivity contribution is 5.91. The van der Waals surface area contributed by atoms with E-state index < -0.39 is 47.7 Å². The molecule has 40 heavy (non-hydrogen) atoms. The fourth-order valence-corrected chi connectivity index (χ4v) is 3.78. The number of nitrogens with two attached hydrogens (primary N) is 1. The average Bonchev–Trinajstić information content (AvgIpc) is 2.89. The molecule has 12 nitrogen and oxygen atoms in total. The maximum atomic E-state index is 13.2. The van der Waals surface area contributed by atoms with Crippen LogP contribution in [0.3, 0.4) is 0 Å². The van der Waals surface area contributed by atoms with Gasteiger partial charge in [-0.05, 0) is 69.5 Å². The zero-order chi connectivity index (χ0) is 30.2. The lowest BCUT2D eigenvalue weighted by Gasteiger charge is -2.25. The van der Waals surface area contributed by atoms with Crippen LogP contribution in [0.1, 0.15) is 44.9 Å². The van der Waals surface area contributed by atoms with Gasteiger partial charge in [-0.3, -0.25) is 14.4 Å². The number of ether oxygens (including phenoxy) is 4. The molecule has 0 aromatic heterocycles. The van der Waals surface area contributed by atoms with E-state index in [4.69, 9.17) is 24.7 Å². The molecular weight excluding hydrogens is 522 g/mol. The number of nitrogens with one attached hydrogen (secondary N) is 2. The van der Waals surface area contributed by atoms with Crippen molar-refractivity contribution in [3.8, 4) is 22.6 Å². The van der Waals surface area contributed by atoms with Crippen LogP contribution in [0.5, 0.6) is 11.5 Å². The molecule has 2 amide bonds. The van der Waals surface area contributed by atoms with Gasteiger partial charge >= 0.3 is 18.0 Å². The number of rotatable bonds is 11. The zero-order valence-electron chi connectivity index (χ0n) is 23.7. The summed E-state index contributed by atoms with van der Waals surface area (Å²) in [6.07, 6.45) is -0.686. The van der Waals surface area contributed by atoms with E-state index in [1.807, 2.05) is 0 Å². The number of alkyl carbamates (subject to hydrolysis) is 1. The Bertz CT molecular complexity index is 1240. The van der Waals surface area contributed by atoms with Gasteiger partial charge in [0, 0.05) is 11.1 Å². The standard InChI is InChI=1S/C28H37N3O9/c1-15(25(33)34)30-24(32)23(31-27(36)40-28(2,3)4)17-9-11-22(38-6)19(14-17)18-12-16(8-10-21(18)37-5)13-20(29)26(35)39-7/h8-12,14-15,20,23H,13,29H2,1-7H3,(H,30,32)(H,31,36)(H,33,34)/t15-,20?,23-/m0/s1. The molecule has 0 radical (unpaired) electrons. The molecule has 0 fully saturated rings. The van der Waals surface area contributed by atoms with Crippen LogP contribution in [0.25, 0.3) is 11.1 Å². The second kappa shape index (κ2) is 13.7. The van der Waals surface area contributed by atoms with Crippen molar-refractivity contribution in [2.75, 3.05) is 21.3 Å². The number of carboxylic acids is 1. The first-order valence-corrected chi connectivity index (χ1v) is 12.4. The minimum absolute atomic E-state index is 0.185. The first-order chi connectivity index (χ1) is 18.7. The third kappa shape index (κ3) is 8.60. The lowest BCUT2D eigenvalue weighted by molar-refractivity contribution is -0.142. The van der Waals surface area contributed by atoms with Crippen molar-refractivity contribution in [2.45, 2.75) is 57.8 Å². The van der Waals surface area contributed by atoms with Gasteiger partial charge in [0.05, 0.1) is 21.3 Å². The highest BCUT2D eigenvalue weighted by Gasteiger charge is 2.29. The van der Waals surface area contributed by atoms with Gasteiger partial charge in [0.1, 0.15) is 35.2 Å². The highest BCUT2D eigenvalue weighted by atomic mass is 16.6. The van der Waals surface area contributed by atoms with Crippen LogP contribution in [0.2, 0.25) is 0 Å². The smallest absolute Gasteiger partial charge is 0.408 e. The zero-order valence-corrected chi connectivity index (χ0v) is 23.7. The molecule has 12 heteroatoms. The number of aliphatic carboxylic acids is 1. The first kappa shape index (κ1) is 31.9. The van der Waals surface area contributed by atoms with Crippen LogP contribution < -0.4 is 25.8 Å². The summed E-state index contributed by atoms with van der Waals surface area (Å²) < 4.78 is 21.2. The van der Waals surface area contributed by atoms with Gasteiger partial charge in [-0.1, -0.05) is 12.1 Å². The first-order valence-electron chi connectivity index (χ1n) is 12.4. The van der Waals surface area contributed by atoms with E-state index >= 15 is 0 Å². The Kier molecular flexibility index (Phi) is 10.9. The number of benzene rings is 2. The van der Waals surface area contributed by atoms with E-state index in [-0.39, 0.29) is 6.42 Å². The van der Waals surface area contributed by atoms with Crippen LogP contribution >= 0.6 is 0 Å². The van der Waals surface area contributed by atoms with Gasteiger partial charge in [-0.2, -0.15) is 0 Å². The number of carboxylic acid groups (broad SMARTS) is 1. The molecule has 5 N–H and O–H groups in total. The van der Waals surface area contributed by atoms with E-state index in [1.165, 1.54) is 28.3 Å². The summed E-state index contributed by atoms with van der Waals surface area (Å²) >= 11 is 0. The third-order valence-electron chi connectivity index (χ3n) is 5.72. The van der Waals surface area contributed by atoms with E-state index in [0.29, 0.717) is 33.8 Å². The van der Waals surface area contributed by atoms with Crippen LogP contribution in [0.15, 0.2) is 36.4 Å². The molecule has 2 aromatic carbocycles. The van der Waals surface area contributed by atoms with Crippen molar-refractivity contribution in [3.05, 3.63) is 47.5 Å². The van der Waals surface area contributed by atoms with Crippen LogP contribution in [0.4, 0.5) is 4.79 Å². The number of hydrogen-bond donors (Lipinski definition) is 4. The monoisotopic (exact) mass is 559 g/mol. The van der Waals surface area contributed by atoms with Crippen molar-refractivity contribution >= 4 is 23.9 Å². The number of esters is 1. The van der Waals surface area contributed by atoms with E-state index in [1.54, 1.807) is 57.2 Å². The van der Waals surface area contributed by atoms with Gasteiger partial charge in [0.25, 0.3) is 0 Å². The van der Waals surface area contributed by atoms with Crippen molar-refractivity contribution in [2.24, 2.45) is 5.73 Å². The summed E-state index contributed by atoms with van der Waals surface area (Å²) in [7, 11) is 4.22. The predicted molar refractivity (Wildman–Crippen MR) is 146 cm³/mol. The highest BCUT2D eigenvalue weighted by Crippen LogP contribution is 2.39. The van der Waals surface area contributed by atoms with Gasteiger partial charge < -0.3 is 40.4 Å². The van der Waals surface area contributed by atoms with E-state index in [0.717, 1.165) is 0 Å². The molecule has 0 aliphatic rings. The number of hydrogen-bond acceptors (Lipinski definition) is 9. The lowest BCUT2D eigenvalue weighted by atomic mass is 9.94. The Morgan fingerprint density at radius 1 is 0.925 bits per heavy atom. The predicted octanol–water partition coefficient (Wildman–Crippen LogP) is 2.57. The van der Waals surface area contributed by atoms with Crippen LogP contribution in [-0.4, -0.2) is 68.1 Å². The molecule has 0 bridgehead atoms. The number of methoxy groups -OCH3 is 3. The van der Waals surface area contributed by atoms with Gasteiger partial charge in [0.2, 0.25) is 5.91 Å². The topological polar surface area (TPSA) is 176 Å². The molecule has 0 saturated heterocycles. The molecular formula is C28H37N3O9. The summed E-state index contributed by atoms with van der Waals surface area (Å²) in [6.45, 7) is 6.32. The molecule has 0 aliphatic carbocycles. The quantitative estimate of drug-likeness (QED) is 0.299. The van der Waals surface area contributed by atoms with Crippen molar-refractivity contribution < 1.29 is 43.2 Å². The Morgan fingerprint density at radius 3 is 2.02 bits per heavy atom. The molecule has 0 heterocycles. The lowest BCUT2D eigenvalue weighted by Crippen LogP contribution is -2.47. The Labute approximate surface area is 233 Å². The summed E-state index contributed by atoms with van der Waals surface area (Å²) in [4.78, 5) is 49.1. The fraction of sp³-hybridized carbons (Fsp3) is 0.429. The summed E-state index contributed by atoms with van der Waals surface area (Å²) in [5.74, 6) is -1.68. The largest absolute Gasteiger partial charge is 0.496 e.